The van der Waals surface area contributed by atoms with Crippen LogP contribution in [-0.2, 0) is 14.3 Å². The zero-order chi connectivity index (χ0) is 18.4. The Bertz CT molecular complexity index is 793. The summed E-state index contributed by atoms with van der Waals surface area (Å²) in [5.74, 6) is -0.729. The summed E-state index contributed by atoms with van der Waals surface area (Å²) in [7, 11) is 0. The lowest BCUT2D eigenvalue weighted by atomic mass is 10.2. The van der Waals surface area contributed by atoms with E-state index < -0.39 is 18.5 Å². The zero-order valence-electron chi connectivity index (χ0n) is 13.8. The van der Waals surface area contributed by atoms with Crippen molar-refractivity contribution in [2.75, 3.05) is 18.5 Å². The van der Waals surface area contributed by atoms with Crippen LogP contribution >= 0.6 is 23.2 Å². The average Bonchev–Trinajstić information content (AvgIpc) is 2.56. The number of halogens is 2. The first-order valence-electron chi connectivity index (χ1n) is 7.45. The molecule has 0 saturated heterocycles. The Morgan fingerprint density at radius 3 is 2.52 bits per heavy atom. The number of hydrogen-bond acceptors (Lipinski definition) is 4. The molecule has 0 saturated carbocycles. The third-order valence-electron chi connectivity index (χ3n) is 3.26. The maximum Gasteiger partial charge on any atom is 0.344 e. The summed E-state index contributed by atoms with van der Waals surface area (Å²) in [4.78, 5) is 23.5. The van der Waals surface area contributed by atoms with E-state index in [2.05, 4.69) is 5.32 Å². The Morgan fingerprint density at radius 1 is 1.04 bits per heavy atom. The van der Waals surface area contributed by atoms with Crippen LogP contribution < -0.4 is 10.1 Å². The molecule has 0 aliphatic heterocycles. The van der Waals surface area contributed by atoms with Gasteiger partial charge in [0.15, 0.2) is 13.2 Å². The molecule has 0 unspecified atom stereocenters. The van der Waals surface area contributed by atoms with Gasteiger partial charge in [-0.15, -0.1) is 0 Å². The van der Waals surface area contributed by atoms with Gasteiger partial charge in [0.1, 0.15) is 5.75 Å². The van der Waals surface area contributed by atoms with Gasteiger partial charge in [0.2, 0.25) is 0 Å². The first-order valence-corrected chi connectivity index (χ1v) is 8.21. The molecule has 0 heterocycles. The molecule has 0 radical (unpaired) electrons. The van der Waals surface area contributed by atoms with Crippen LogP contribution in [0.5, 0.6) is 5.75 Å². The van der Waals surface area contributed by atoms with Crippen LogP contribution in [0, 0.1) is 13.8 Å². The summed E-state index contributed by atoms with van der Waals surface area (Å²) >= 11 is 11.8. The first-order chi connectivity index (χ1) is 11.8. The smallest absolute Gasteiger partial charge is 0.344 e. The summed E-state index contributed by atoms with van der Waals surface area (Å²) in [6.07, 6.45) is 0. The normalized spacial score (nSPS) is 10.2. The summed E-state index contributed by atoms with van der Waals surface area (Å²) in [5.41, 5.74) is 2.36. The van der Waals surface area contributed by atoms with Crippen LogP contribution in [0.4, 0.5) is 5.69 Å². The molecule has 1 N–H and O–H groups in total. The number of ether oxygens (including phenoxy) is 2. The van der Waals surface area contributed by atoms with Gasteiger partial charge in [-0.25, -0.2) is 4.79 Å². The van der Waals surface area contributed by atoms with Crippen molar-refractivity contribution in [1.82, 2.24) is 0 Å². The topological polar surface area (TPSA) is 64.6 Å². The Hall–Kier alpha value is -2.24. The molecular weight excluding hydrogens is 365 g/mol. The van der Waals surface area contributed by atoms with Crippen LogP contribution in [-0.4, -0.2) is 25.1 Å². The Balaban J connectivity index is 1.79. The van der Waals surface area contributed by atoms with Gasteiger partial charge >= 0.3 is 5.97 Å². The molecule has 2 aromatic carbocycles. The summed E-state index contributed by atoms with van der Waals surface area (Å²) < 4.78 is 10.2. The van der Waals surface area contributed by atoms with Crippen LogP contribution in [0.2, 0.25) is 10.0 Å². The minimum atomic E-state index is -0.666. The molecule has 2 aromatic rings. The number of carbonyl (C=O) groups excluding carboxylic acids is 2. The highest BCUT2D eigenvalue weighted by molar-refractivity contribution is 6.32. The van der Waals surface area contributed by atoms with Gasteiger partial charge in [0.25, 0.3) is 5.91 Å². The van der Waals surface area contributed by atoms with E-state index in [1.807, 2.05) is 19.9 Å². The average molecular weight is 382 g/mol. The van der Waals surface area contributed by atoms with Crippen LogP contribution in [0.15, 0.2) is 36.4 Å². The number of rotatable bonds is 6. The van der Waals surface area contributed by atoms with Crippen molar-refractivity contribution in [3.63, 3.8) is 0 Å². The zero-order valence-corrected chi connectivity index (χ0v) is 15.3. The van der Waals surface area contributed by atoms with E-state index in [1.54, 1.807) is 30.3 Å². The van der Waals surface area contributed by atoms with E-state index in [0.717, 1.165) is 11.1 Å². The summed E-state index contributed by atoms with van der Waals surface area (Å²) in [6.45, 7) is 2.94. The van der Waals surface area contributed by atoms with Gasteiger partial charge < -0.3 is 14.8 Å². The van der Waals surface area contributed by atoms with Crippen molar-refractivity contribution in [2.24, 2.45) is 0 Å². The van der Waals surface area contributed by atoms with Gasteiger partial charge in [0, 0.05) is 10.7 Å². The van der Waals surface area contributed by atoms with Crippen LogP contribution in [0.3, 0.4) is 0 Å². The molecule has 2 rings (SSSR count). The van der Waals surface area contributed by atoms with Crippen molar-refractivity contribution < 1.29 is 19.1 Å². The highest BCUT2D eigenvalue weighted by Crippen LogP contribution is 2.25. The number of anilines is 1. The molecule has 0 atom stereocenters. The van der Waals surface area contributed by atoms with Crippen molar-refractivity contribution in [3.05, 3.63) is 57.6 Å². The van der Waals surface area contributed by atoms with E-state index in [1.165, 1.54) is 0 Å². The largest absolute Gasteiger partial charge is 0.480 e. The molecular formula is C18H17Cl2NO4. The molecule has 0 aliphatic carbocycles. The highest BCUT2D eigenvalue weighted by atomic mass is 35.5. The van der Waals surface area contributed by atoms with Crippen LogP contribution in [0.25, 0.3) is 0 Å². The minimum Gasteiger partial charge on any atom is -0.480 e. The van der Waals surface area contributed by atoms with Crippen molar-refractivity contribution in [2.45, 2.75) is 13.8 Å². The first kappa shape index (κ1) is 19.1. The second kappa shape index (κ2) is 8.74. The van der Waals surface area contributed by atoms with E-state index in [-0.39, 0.29) is 6.61 Å². The monoisotopic (exact) mass is 381 g/mol. The number of benzene rings is 2. The molecule has 0 bridgehead atoms. The fourth-order valence-electron chi connectivity index (χ4n) is 2.00. The highest BCUT2D eigenvalue weighted by Gasteiger charge is 2.11. The maximum absolute atomic E-state index is 11.8. The molecule has 5 nitrogen and oxygen atoms in total. The van der Waals surface area contributed by atoms with Crippen LogP contribution in [0.1, 0.15) is 11.1 Å². The summed E-state index contributed by atoms with van der Waals surface area (Å²) in [5, 5.41) is 3.62. The van der Waals surface area contributed by atoms with Gasteiger partial charge in [-0.2, -0.15) is 0 Å². The van der Waals surface area contributed by atoms with Crippen molar-refractivity contribution >= 4 is 40.8 Å². The minimum absolute atomic E-state index is 0.337. The molecule has 7 heteroatoms. The summed E-state index contributed by atoms with van der Waals surface area (Å²) in [6, 6.07) is 10.3. The number of amides is 1. The van der Waals surface area contributed by atoms with Gasteiger partial charge in [0.05, 0.1) is 5.02 Å². The number of hydrogen-bond donors (Lipinski definition) is 1. The lowest BCUT2D eigenvalue weighted by molar-refractivity contribution is -0.149. The number of esters is 1. The third kappa shape index (κ3) is 5.96. The van der Waals surface area contributed by atoms with Gasteiger partial charge in [-0.1, -0.05) is 29.3 Å². The predicted octanol–water partition coefficient (Wildman–Crippen LogP) is 4.17. The number of aryl methyl sites for hydroxylation is 2. The fraction of sp³-hybridized carbons (Fsp3) is 0.222. The molecule has 1 amide bonds. The van der Waals surface area contributed by atoms with Gasteiger partial charge in [-0.3, -0.25) is 4.79 Å². The molecule has 0 fully saturated rings. The van der Waals surface area contributed by atoms with Gasteiger partial charge in [-0.05, 0) is 55.3 Å². The number of nitrogens with one attached hydrogen (secondary N) is 1. The molecule has 25 heavy (non-hydrogen) atoms. The second-order valence-electron chi connectivity index (χ2n) is 5.39. The fourth-order valence-corrected chi connectivity index (χ4v) is 2.40. The van der Waals surface area contributed by atoms with Crippen molar-refractivity contribution in [3.8, 4) is 5.75 Å². The second-order valence-corrected chi connectivity index (χ2v) is 6.23. The van der Waals surface area contributed by atoms with E-state index in [0.29, 0.717) is 21.5 Å². The maximum atomic E-state index is 11.8. The van der Waals surface area contributed by atoms with E-state index in [4.69, 9.17) is 32.7 Å². The van der Waals surface area contributed by atoms with E-state index in [9.17, 15) is 9.59 Å². The third-order valence-corrected chi connectivity index (χ3v) is 3.81. The standard InChI is InChI=1S/C18H17Cl2NO4/c1-11-3-5-14(20)16(7-11)24-10-18(23)25-9-17(22)21-15-6-4-13(19)8-12(15)2/h3-8H,9-10H2,1-2H3,(H,21,22). The molecule has 0 aliphatic rings. The SMILES string of the molecule is Cc1ccc(Cl)c(OCC(=O)OCC(=O)Nc2ccc(Cl)cc2C)c1. The van der Waals surface area contributed by atoms with Crippen molar-refractivity contribution in [1.29, 1.82) is 0 Å². The molecule has 132 valence electrons. The molecule has 0 spiro atoms. The molecule has 0 aromatic heterocycles. The lowest BCUT2D eigenvalue weighted by Gasteiger charge is -2.10. The quantitative estimate of drug-likeness (QED) is 0.762. The van der Waals surface area contributed by atoms with E-state index >= 15 is 0 Å². The lowest BCUT2D eigenvalue weighted by Crippen LogP contribution is -2.24. The Morgan fingerprint density at radius 2 is 1.80 bits per heavy atom. The Labute approximate surface area is 155 Å². The Kier molecular flexibility index (Phi) is 6.67. The number of carbonyl (C=O) groups is 2. The predicted molar refractivity (Wildman–Crippen MR) is 97.5 cm³/mol.